The number of ether oxygens (including phenoxy) is 1. The monoisotopic (exact) mass is 313 g/mol. The van der Waals surface area contributed by atoms with Crippen molar-refractivity contribution in [3.63, 3.8) is 0 Å². The quantitative estimate of drug-likeness (QED) is 0.832. The van der Waals surface area contributed by atoms with Crippen molar-refractivity contribution in [2.45, 2.75) is 46.3 Å². The lowest BCUT2D eigenvalue weighted by atomic mass is 10.1. The van der Waals surface area contributed by atoms with E-state index in [1.165, 1.54) is 5.56 Å². The van der Waals surface area contributed by atoms with Crippen molar-refractivity contribution in [1.29, 1.82) is 0 Å². The van der Waals surface area contributed by atoms with Crippen molar-refractivity contribution < 1.29 is 4.74 Å². The van der Waals surface area contributed by atoms with Gasteiger partial charge in [0, 0.05) is 10.5 Å². The third-order valence-electron chi connectivity index (χ3n) is 3.01. The Morgan fingerprint density at radius 1 is 1.22 bits per heavy atom. The van der Waals surface area contributed by atoms with Gasteiger partial charge in [-0.1, -0.05) is 35.8 Å². The van der Waals surface area contributed by atoms with Crippen LogP contribution in [0.25, 0.3) is 0 Å². The third-order valence-corrected chi connectivity index (χ3v) is 3.70. The molecule has 2 atom stereocenters. The maximum Gasteiger partial charge on any atom is 0.120 e. The van der Waals surface area contributed by atoms with Gasteiger partial charge in [0.2, 0.25) is 0 Å². The molecule has 0 saturated carbocycles. The molecule has 2 nitrogen and oxygen atoms in total. The van der Waals surface area contributed by atoms with Crippen molar-refractivity contribution in [3.8, 4) is 5.75 Å². The minimum atomic E-state index is 0.254. The fourth-order valence-electron chi connectivity index (χ4n) is 2.03. The zero-order chi connectivity index (χ0) is 13.7. The van der Waals surface area contributed by atoms with Gasteiger partial charge < -0.3 is 10.1 Å². The molecule has 0 spiro atoms. The molecule has 0 aliphatic carbocycles. The first kappa shape index (κ1) is 15.5. The molecule has 1 aromatic rings. The zero-order valence-electron chi connectivity index (χ0n) is 12.0. The summed E-state index contributed by atoms with van der Waals surface area (Å²) in [4.78, 5) is 0. The van der Waals surface area contributed by atoms with Gasteiger partial charge in [0.15, 0.2) is 0 Å². The minimum Gasteiger partial charge on any atom is -0.491 e. The molecular formula is C15H24BrNO. The molecule has 3 heteroatoms. The van der Waals surface area contributed by atoms with Crippen molar-refractivity contribution in [2.24, 2.45) is 5.92 Å². The summed E-state index contributed by atoms with van der Waals surface area (Å²) in [7, 11) is 1.96. The maximum atomic E-state index is 5.92. The van der Waals surface area contributed by atoms with Gasteiger partial charge >= 0.3 is 0 Å². The van der Waals surface area contributed by atoms with Crippen LogP contribution in [-0.4, -0.2) is 13.2 Å². The second-order valence-corrected chi connectivity index (χ2v) is 6.11. The van der Waals surface area contributed by atoms with E-state index in [0.29, 0.717) is 12.0 Å². The Kier molecular flexibility index (Phi) is 6.16. The van der Waals surface area contributed by atoms with Crippen LogP contribution in [0.3, 0.4) is 0 Å². The zero-order valence-corrected chi connectivity index (χ0v) is 13.5. The summed E-state index contributed by atoms with van der Waals surface area (Å²) < 4.78 is 7.02. The first-order chi connectivity index (χ1) is 8.43. The molecule has 0 aliphatic heterocycles. The Morgan fingerprint density at radius 3 is 2.39 bits per heavy atom. The van der Waals surface area contributed by atoms with Gasteiger partial charge in [-0.25, -0.2) is 0 Å². The Hall–Kier alpha value is -0.540. The summed E-state index contributed by atoms with van der Waals surface area (Å²) in [5.74, 6) is 1.59. The highest BCUT2D eigenvalue weighted by Gasteiger charge is 2.10. The van der Waals surface area contributed by atoms with Gasteiger partial charge in [0.25, 0.3) is 0 Å². The molecule has 18 heavy (non-hydrogen) atoms. The van der Waals surface area contributed by atoms with Crippen molar-refractivity contribution in [2.75, 3.05) is 7.05 Å². The Bertz CT molecular complexity index is 379. The van der Waals surface area contributed by atoms with Gasteiger partial charge in [-0.3, -0.25) is 0 Å². The number of hydrogen-bond donors (Lipinski definition) is 1. The molecule has 0 amide bonds. The average molecular weight is 314 g/mol. The SMILES string of the molecule is CNC(C)c1ccc(OC(C)CC(C)C)cc1Br. The summed E-state index contributed by atoms with van der Waals surface area (Å²) in [6.45, 7) is 8.70. The molecule has 0 aromatic heterocycles. The second-order valence-electron chi connectivity index (χ2n) is 5.25. The van der Waals surface area contributed by atoms with Gasteiger partial charge in [0.1, 0.15) is 5.75 Å². The van der Waals surface area contributed by atoms with Crippen LogP contribution in [-0.2, 0) is 0 Å². The van der Waals surface area contributed by atoms with Crippen LogP contribution in [0.5, 0.6) is 5.75 Å². The number of hydrogen-bond acceptors (Lipinski definition) is 2. The molecule has 0 heterocycles. The number of benzene rings is 1. The highest BCUT2D eigenvalue weighted by Crippen LogP contribution is 2.28. The summed E-state index contributed by atoms with van der Waals surface area (Å²) >= 11 is 3.61. The van der Waals surface area contributed by atoms with Crippen LogP contribution in [0.2, 0.25) is 0 Å². The molecule has 1 N–H and O–H groups in total. The summed E-state index contributed by atoms with van der Waals surface area (Å²) in [5, 5.41) is 3.24. The molecule has 0 bridgehead atoms. The molecule has 1 rings (SSSR count). The van der Waals surface area contributed by atoms with Crippen LogP contribution in [0, 0.1) is 5.92 Å². The molecule has 2 unspecified atom stereocenters. The topological polar surface area (TPSA) is 21.3 Å². The molecule has 102 valence electrons. The van der Waals surface area contributed by atoms with E-state index < -0.39 is 0 Å². The van der Waals surface area contributed by atoms with E-state index in [1.54, 1.807) is 0 Å². The predicted molar refractivity (Wildman–Crippen MR) is 81.2 cm³/mol. The lowest BCUT2D eigenvalue weighted by Crippen LogP contribution is -2.15. The standard InChI is InChI=1S/C15H24BrNO/c1-10(2)8-11(3)18-13-6-7-14(12(4)17-5)15(16)9-13/h6-7,9-12,17H,8H2,1-5H3. The van der Waals surface area contributed by atoms with Crippen LogP contribution in [0.15, 0.2) is 22.7 Å². The fourth-order valence-corrected chi connectivity index (χ4v) is 2.73. The predicted octanol–water partition coefficient (Wildman–Crippen LogP) is 4.54. The number of halogens is 1. The van der Waals surface area contributed by atoms with E-state index in [1.807, 2.05) is 13.1 Å². The van der Waals surface area contributed by atoms with Crippen LogP contribution >= 0.6 is 15.9 Å². The number of rotatable bonds is 6. The van der Waals surface area contributed by atoms with E-state index in [2.05, 4.69) is 61.1 Å². The van der Waals surface area contributed by atoms with Gasteiger partial charge in [-0.2, -0.15) is 0 Å². The van der Waals surface area contributed by atoms with Gasteiger partial charge in [0.05, 0.1) is 6.10 Å². The van der Waals surface area contributed by atoms with Crippen molar-refractivity contribution in [3.05, 3.63) is 28.2 Å². The van der Waals surface area contributed by atoms with Crippen LogP contribution in [0.4, 0.5) is 0 Å². The smallest absolute Gasteiger partial charge is 0.120 e. The van der Waals surface area contributed by atoms with E-state index in [0.717, 1.165) is 16.6 Å². The fraction of sp³-hybridized carbons (Fsp3) is 0.600. The molecule has 0 fully saturated rings. The normalized spacial score (nSPS) is 14.6. The summed E-state index contributed by atoms with van der Waals surface area (Å²) in [6.07, 6.45) is 1.33. The average Bonchev–Trinajstić information content (AvgIpc) is 2.27. The largest absolute Gasteiger partial charge is 0.491 e. The van der Waals surface area contributed by atoms with Crippen molar-refractivity contribution in [1.82, 2.24) is 5.32 Å². The lowest BCUT2D eigenvalue weighted by Gasteiger charge is -2.18. The van der Waals surface area contributed by atoms with E-state index in [4.69, 9.17) is 4.74 Å². The molecule has 0 saturated heterocycles. The first-order valence-corrected chi connectivity index (χ1v) is 7.36. The molecule has 0 radical (unpaired) electrons. The first-order valence-electron chi connectivity index (χ1n) is 6.57. The summed E-state index contributed by atoms with van der Waals surface area (Å²) in [5.41, 5.74) is 1.25. The maximum absolute atomic E-state index is 5.92. The highest BCUT2D eigenvalue weighted by molar-refractivity contribution is 9.10. The Morgan fingerprint density at radius 2 is 1.89 bits per heavy atom. The summed E-state index contributed by atoms with van der Waals surface area (Å²) in [6, 6.07) is 6.55. The van der Waals surface area contributed by atoms with Gasteiger partial charge in [-0.15, -0.1) is 0 Å². The van der Waals surface area contributed by atoms with E-state index in [9.17, 15) is 0 Å². The number of nitrogens with one attached hydrogen (secondary N) is 1. The van der Waals surface area contributed by atoms with Gasteiger partial charge in [-0.05, 0) is 50.9 Å². The second kappa shape index (κ2) is 7.15. The Balaban J connectivity index is 2.72. The minimum absolute atomic E-state index is 0.254. The molecule has 1 aromatic carbocycles. The van der Waals surface area contributed by atoms with E-state index >= 15 is 0 Å². The highest BCUT2D eigenvalue weighted by atomic mass is 79.9. The van der Waals surface area contributed by atoms with Crippen LogP contribution < -0.4 is 10.1 Å². The van der Waals surface area contributed by atoms with Crippen LogP contribution in [0.1, 0.15) is 45.7 Å². The third kappa shape index (κ3) is 4.62. The van der Waals surface area contributed by atoms with Crippen molar-refractivity contribution >= 4 is 15.9 Å². The van der Waals surface area contributed by atoms with E-state index in [-0.39, 0.29) is 6.10 Å². The lowest BCUT2D eigenvalue weighted by molar-refractivity contribution is 0.193. The Labute approximate surface area is 119 Å². The molecule has 0 aliphatic rings. The molecular weight excluding hydrogens is 290 g/mol.